The molecule has 0 aliphatic carbocycles. The molecule has 1 fully saturated rings. The second kappa shape index (κ2) is 10.9. The van der Waals surface area contributed by atoms with E-state index in [-0.39, 0.29) is 31.9 Å². The van der Waals surface area contributed by atoms with Crippen LogP contribution < -0.4 is 10.2 Å². The van der Waals surface area contributed by atoms with Crippen LogP contribution in [-0.2, 0) is 38.6 Å². The van der Waals surface area contributed by atoms with Crippen LogP contribution in [0.4, 0.5) is 27.6 Å². The summed E-state index contributed by atoms with van der Waals surface area (Å²) in [5, 5.41) is 2.29. The van der Waals surface area contributed by atoms with Crippen LogP contribution in [0.25, 0.3) is 0 Å². The Kier molecular flexibility index (Phi) is 8.05. The summed E-state index contributed by atoms with van der Waals surface area (Å²) in [7, 11) is 1.10. The van der Waals surface area contributed by atoms with E-state index in [0.29, 0.717) is 24.3 Å². The molecule has 2 atom stereocenters. The first-order valence-electron chi connectivity index (χ1n) is 11.2. The average molecular weight is 593 g/mol. The fourth-order valence-electron chi connectivity index (χ4n) is 4.41. The fraction of sp³-hybridized carbons (Fsp3) is 0.417. The number of anilines is 1. The van der Waals surface area contributed by atoms with Gasteiger partial charge in [-0.25, -0.2) is 13.6 Å². The van der Waals surface area contributed by atoms with Crippen molar-refractivity contribution in [3.63, 3.8) is 0 Å². The number of rotatable bonds is 6. The molecule has 0 aromatic heterocycles. The number of hydrogen-bond acceptors (Lipinski definition) is 6. The van der Waals surface area contributed by atoms with Crippen molar-refractivity contribution in [1.29, 1.82) is 0 Å². The summed E-state index contributed by atoms with van der Waals surface area (Å²) in [5.41, 5.74) is 0.975. The lowest BCUT2D eigenvalue weighted by Gasteiger charge is -2.38. The number of ether oxygens (including phenoxy) is 3. The van der Waals surface area contributed by atoms with Crippen molar-refractivity contribution in [2.24, 2.45) is 0 Å². The molecule has 2 aromatic carbocycles. The Bertz CT molecular complexity index is 1190. The van der Waals surface area contributed by atoms with E-state index in [0.717, 1.165) is 27.6 Å². The number of methoxy groups -OCH3 is 1. The molecule has 2 aliphatic heterocycles. The number of alkyl halides is 3. The molecule has 4 rings (SSSR count). The maximum atomic E-state index is 14.9. The first-order valence-corrected chi connectivity index (χ1v) is 12.0. The summed E-state index contributed by atoms with van der Waals surface area (Å²) in [6.07, 6.45) is -4.74. The number of carbonyl (C=O) groups excluding carboxylic acids is 2. The predicted molar refractivity (Wildman–Crippen MR) is 124 cm³/mol. The Morgan fingerprint density at radius 1 is 1.16 bits per heavy atom. The van der Waals surface area contributed by atoms with Crippen molar-refractivity contribution >= 4 is 33.5 Å². The molecule has 0 radical (unpaired) electrons. The lowest BCUT2D eigenvalue weighted by molar-refractivity contribution is -0.167. The normalized spacial score (nSPS) is 18.4. The number of amides is 1. The van der Waals surface area contributed by atoms with Gasteiger partial charge < -0.3 is 24.4 Å². The number of benzene rings is 2. The third-order valence-electron chi connectivity index (χ3n) is 6.27. The van der Waals surface area contributed by atoms with E-state index in [2.05, 4.69) is 21.2 Å². The van der Waals surface area contributed by atoms with Gasteiger partial charge in [0.15, 0.2) is 0 Å². The number of morpholine rings is 1. The summed E-state index contributed by atoms with van der Waals surface area (Å²) in [6.45, 7) is -0.359. The smallest absolute Gasteiger partial charge is 0.411 e. The minimum absolute atomic E-state index is 0.0419. The van der Waals surface area contributed by atoms with E-state index in [4.69, 9.17) is 14.2 Å². The zero-order valence-electron chi connectivity index (χ0n) is 19.5. The quantitative estimate of drug-likeness (QED) is 0.403. The van der Waals surface area contributed by atoms with Crippen LogP contribution in [0, 0.1) is 11.6 Å². The van der Waals surface area contributed by atoms with Gasteiger partial charge >= 0.3 is 12.1 Å². The van der Waals surface area contributed by atoms with Gasteiger partial charge in [-0.3, -0.25) is 4.79 Å². The van der Waals surface area contributed by atoms with Gasteiger partial charge in [-0.05, 0) is 34.9 Å². The Balaban J connectivity index is 1.58. The highest BCUT2D eigenvalue weighted by Gasteiger charge is 2.46. The number of esters is 1. The summed E-state index contributed by atoms with van der Waals surface area (Å²) in [4.78, 5) is 26.1. The average Bonchev–Trinajstić information content (AvgIpc) is 3.35. The van der Waals surface area contributed by atoms with Gasteiger partial charge in [-0.1, -0.05) is 22.0 Å². The first kappa shape index (κ1) is 27.3. The number of fused-ring (bicyclic) bond motifs is 1. The van der Waals surface area contributed by atoms with Crippen LogP contribution in [-0.4, -0.2) is 57.0 Å². The van der Waals surface area contributed by atoms with E-state index in [1.165, 1.54) is 0 Å². The lowest BCUT2D eigenvalue weighted by Crippen LogP contribution is -2.53. The third-order valence-corrected chi connectivity index (χ3v) is 7.01. The monoisotopic (exact) mass is 592 g/mol. The Hall–Kier alpha value is -2.77. The molecule has 37 heavy (non-hydrogen) atoms. The summed E-state index contributed by atoms with van der Waals surface area (Å²) < 4.78 is 86.0. The van der Waals surface area contributed by atoms with Gasteiger partial charge in [0.1, 0.15) is 29.3 Å². The molecule has 0 bridgehead atoms. The van der Waals surface area contributed by atoms with Gasteiger partial charge in [-0.2, -0.15) is 13.2 Å². The molecule has 1 N–H and O–H groups in total. The van der Waals surface area contributed by atoms with Crippen molar-refractivity contribution in [1.82, 2.24) is 5.32 Å². The molecule has 200 valence electrons. The summed E-state index contributed by atoms with van der Waals surface area (Å²) in [6, 6.07) is 1.42. The highest BCUT2D eigenvalue weighted by atomic mass is 79.9. The molecule has 2 heterocycles. The number of nitrogens with one attached hydrogen (secondary N) is 1. The van der Waals surface area contributed by atoms with Crippen LogP contribution in [0.3, 0.4) is 0 Å². The topological polar surface area (TPSA) is 77.1 Å². The van der Waals surface area contributed by atoms with E-state index in [1.54, 1.807) is 12.1 Å². The minimum Gasteiger partial charge on any atom is -0.467 e. The SMILES string of the molecule is COC(=O)[C@H](Cc1ccc(Br)c2c1COC2)NC(=O)c1c(F)cc(N2CCOC[C@@H]2C(F)(F)F)cc1F. The van der Waals surface area contributed by atoms with Crippen LogP contribution in [0.2, 0.25) is 0 Å². The molecule has 13 heteroatoms. The van der Waals surface area contributed by atoms with Crippen molar-refractivity contribution in [3.05, 3.63) is 62.6 Å². The second-order valence-electron chi connectivity index (χ2n) is 8.52. The summed E-state index contributed by atoms with van der Waals surface area (Å²) in [5.74, 6) is -4.85. The standard InChI is InChI=1S/C24H22BrF5N2O5/c1-35-23(34)19(6-12-2-3-16(25)15-10-37-9-14(12)15)31-22(33)21-17(26)7-13(8-18(21)27)32-4-5-36-11-20(32)24(28,29)30/h2-3,7-8,19-20H,4-6,9-11H2,1H3,(H,31,33)/t19-,20+/m0/s1. The maximum Gasteiger partial charge on any atom is 0.411 e. The maximum absolute atomic E-state index is 14.9. The van der Waals surface area contributed by atoms with Crippen LogP contribution in [0.5, 0.6) is 0 Å². The van der Waals surface area contributed by atoms with Crippen molar-refractivity contribution in [2.75, 3.05) is 31.8 Å². The molecular weight excluding hydrogens is 571 g/mol. The molecule has 2 aliphatic rings. The lowest BCUT2D eigenvalue weighted by atomic mass is 9.97. The molecule has 7 nitrogen and oxygen atoms in total. The predicted octanol–water partition coefficient (Wildman–Crippen LogP) is 4.04. The Labute approximate surface area is 217 Å². The van der Waals surface area contributed by atoms with Crippen molar-refractivity contribution in [2.45, 2.75) is 37.9 Å². The molecular formula is C24H22BrF5N2O5. The number of nitrogens with zero attached hydrogens (tertiary/aromatic N) is 1. The molecule has 1 amide bonds. The van der Waals surface area contributed by atoms with Gasteiger partial charge in [0.2, 0.25) is 0 Å². The van der Waals surface area contributed by atoms with E-state index >= 15 is 0 Å². The fourth-order valence-corrected chi connectivity index (χ4v) is 4.89. The number of hydrogen-bond donors (Lipinski definition) is 1. The summed E-state index contributed by atoms with van der Waals surface area (Å²) >= 11 is 3.43. The van der Waals surface area contributed by atoms with Crippen LogP contribution in [0.1, 0.15) is 27.0 Å². The van der Waals surface area contributed by atoms with Crippen LogP contribution in [0.15, 0.2) is 28.7 Å². The molecule has 0 unspecified atom stereocenters. The highest BCUT2D eigenvalue weighted by Crippen LogP contribution is 2.33. The van der Waals surface area contributed by atoms with Crippen LogP contribution >= 0.6 is 15.9 Å². The number of halogens is 6. The molecule has 0 saturated carbocycles. The molecule has 1 saturated heterocycles. The zero-order valence-corrected chi connectivity index (χ0v) is 21.0. The van der Waals surface area contributed by atoms with Gasteiger partial charge in [0, 0.05) is 23.1 Å². The third kappa shape index (κ3) is 5.73. The Morgan fingerprint density at radius 3 is 2.49 bits per heavy atom. The molecule has 0 spiro atoms. The minimum atomic E-state index is -4.70. The molecule has 2 aromatic rings. The first-order chi connectivity index (χ1) is 17.5. The Morgan fingerprint density at radius 2 is 1.84 bits per heavy atom. The second-order valence-corrected chi connectivity index (χ2v) is 9.37. The van der Waals surface area contributed by atoms with E-state index < -0.39 is 53.9 Å². The van der Waals surface area contributed by atoms with Gasteiger partial charge in [0.05, 0.1) is 33.5 Å². The van der Waals surface area contributed by atoms with Gasteiger partial charge in [0.25, 0.3) is 5.91 Å². The van der Waals surface area contributed by atoms with Gasteiger partial charge in [-0.15, -0.1) is 0 Å². The highest BCUT2D eigenvalue weighted by molar-refractivity contribution is 9.10. The van der Waals surface area contributed by atoms with E-state index in [9.17, 15) is 31.5 Å². The van der Waals surface area contributed by atoms with Crippen molar-refractivity contribution < 1.29 is 45.8 Å². The number of carbonyl (C=O) groups is 2. The zero-order chi connectivity index (χ0) is 26.9. The van der Waals surface area contributed by atoms with Crippen molar-refractivity contribution in [3.8, 4) is 0 Å². The largest absolute Gasteiger partial charge is 0.467 e. The van der Waals surface area contributed by atoms with E-state index in [1.807, 2.05) is 0 Å².